The minimum atomic E-state index is -3.56. The predicted molar refractivity (Wildman–Crippen MR) is 129 cm³/mol. The van der Waals surface area contributed by atoms with Crippen molar-refractivity contribution in [3.8, 4) is 0 Å². The number of nitrogens with zero attached hydrogens (tertiary/aromatic N) is 3. The number of carbonyl (C=O) groups excluding carboxylic acids is 1. The van der Waals surface area contributed by atoms with Crippen molar-refractivity contribution in [2.45, 2.75) is 36.6 Å². The van der Waals surface area contributed by atoms with E-state index in [0.717, 1.165) is 41.4 Å². The van der Waals surface area contributed by atoms with E-state index in [1.807, 2.05) is 23.2 Å². The number of fused-ring (bicyclic) bond motifs is 1. The lowest BCUT2D eigenvalue weighted by atomic mass is 9.98. The molecule has 2 aromatic carbocycles. The summed E-state index contributed by atoms with van der Waals surface area (Å²) in [6, 6.07) is 10.1. The molecule has 0 saturated carbocycles. The van der Waals surface area contributed by atoms with E-state index in [0.29, 0.717) is 11.7 Å². The number of hydrogen-bond donors (Lipinski definition) is 0. The third kappa shape index (κ3) is 5.31. The molecule has 1 fully saturated rings. The Kier molecular flexibility index (Phi) is 7.14. The van der Waals surface area contributed by atoms with E-state index in [4.69, 9.17) is 11.6 Å². The molecule has 1 aliphatic rings. The van der Waals surface area contributed by atoms with Crippen LogP contribution in [0.25, 0.3) is 10.8 Å². The zero-order chi connectivity index (χ0) is 22.7. The predicted octanol–water partition coefficient (Wildman–Crippen LogP) is 4.04. The largest absolute Gasteiger partial charge is 0.327 e. The highest BCUT2D eigenvalue weighted by molar-refractivity contribution is 7.91. The number of Topliss-reactive ketones (excluding diaryl/α,β-unsaturated/α-hetero) is 1. The molecule has 1 unspecified atom stereocenters. The number of sulfone groups is 1. The maximum atomic E-state index is 13.0. The molecule has 0 amide bonds. The van der Waals surface area contributed by atoms with Crippen molar-refractivity contribution >= 4 is 49.3 Å². The lowest BCUT2D eigenvalue weighted by molar-refractivity contribution is -0.125. The minimum absolute atomic E-state index is 0.00886. The van der Waals surface area contributed by atoms with Gasteiger partial charge in [0.1, 0.15) is 0 Å². The van der Waals surface area contributed by atoms with Crippen LogP contribution >= 0.6 is 22.9 Å². The van der Waals surface area contributed by atoms with Gasteiger partial charge in [-0.05, 0) is 47.9 Å². The Hall–Kier alpha value is -2.00. The van der Waals surface area contributed by atoms with E-state index in [9.17, 15) is 13.2 Å². The number of thiazole rings is 1. The molecule has 170 valence electrons. The second-order valence-corrected chi connectivity index (χ2v) is 11.5. The third-order valence-electron chi connectivity index (χ3n) is 5.88. The molecule has 1 saturated heterocycles. The van der Waals surface area contributed by atoms with Crippen molar-refractivity contribution < 1.29 is 13.2 Å². The molecule has 1 aromatic heterocycles. The third-order valence-corrected chi connectivity index (χ3v) is 8.72. The number of rotatable bonds is 7. The Bertz CT molecular complexity index is 1300. The van der Waals surface area contributed by atoms with Crippen LogP contribution in [0, 0.1) is 0 Å². The number of hydrogen-bond acceptors (Lipinski definition) is 6. The number of piperidine rings is 1. The number of likely N-dealkylation sites (tertiary alicyclic amines) is 1. The first-order valence-electron chi connectivity index (χ1n) is 10.6. The molecule has 6 nitrogen and oxygen atoms in total. The van der Waals surface area contributed by atoms with Gasteiger partial charge in [0.15, 0.2) is 20.4 Å². The summed E-state index contributed by atoms with van der Waals surface area (Å²) >= 11 is 7.57. The first-order valence-corrected chi connectivity index (χ1v) is 13.5. The van der Waals surface area contributed by atoms with Crippen LogP contribution in [-0.2, 0) is 21.7 Å². The van der Waals surface area contributed by atoms with Crippen LogP contribution in [0.2, 0.25) is 5.02 Å². The molecule has 0 N–H and O–H groups in total. The molecule has 1 atom stereocenters. The molecule has 9 heteroatoms. The number of aromatic nitrogens is 1. The number of halogens is 1. The van der Waals surface area contributed by atoms with Crippen molar-refractivity contribution in [1.29, 1.82) is 0 Å². The monoisotopic (exact) mass is 491 g/mol. The Morgan fingerprint density at radius 2 is 1.97 bits per heavy atom. The van der Waals surface area contributed by atoms with E-state index in [-0.39, 0.29) is 28.9 Å². The fourth-order valence-corrected chi connectivity index (χ4v) is 6.25. The minimum Gasteiger partial charge on any atom is -0.327 e. The van der Waals surface area contributed by atoms with Gasteiger partial charge in [-0.2, -0.15) is 0 Å². The average molecular weight is 492 g/mol. The van der Waals surface area contributed by atoms with Gasteiger partial charge in [0.25, 0.3) is 0 Å². The number of ketones is 1. The van der Waals surface area contributed by atoms with Gasteiger partial charge >= 0.3 is 0 Å². The molecule has 0 aliphatic carbocycles. The Balaban J connectivity index is 1.44. The lowest BCUT2D eigenvalue weighted by Gasteiger charge is -2.33. The number of carbonyl (C=O) groups is 1. The topological polar surface area (TPSA) is 71.7 Å². The van der Waals surface area contributed by atoms with Crippen LogP contribution in [0.3, 0.4) is 0 Å². The maximum absolute atomic E-state index is 13.0. The summed E-state index contributed by atoms with van der Waals surface area (Å²) in [5.74, 6) is -0.210. The molecule has 0 spiro atoms. The standard InChI is InChI=1S/C23H26ClN3O3S2/c1-26-11-12-31-23(26)25-16-27-10-3-2-4-21(27)22(28)9-13-32(29,30)20-8-6-17-14-19(24)7-5-18(17)15-20/h5-8,11-12,14-15,21H,2-4,9-10,13,16H2,1H3/b25-23-. The van der Waals surface area contributed by atoms with E-state index >= 15 is 0 Å². The second-order valence-electron chi connectivity index (χ2n) is 8.11. The van der Waals surface area contributed by atoms with Crippen molar-refractivity contribution in [2.75, 3.05) is 19.0 Å². The summed E-state index contributed by atoms with van der Waals surface area (Å²) in [6.07, 6.45) is 4.71. The Labute approximate surface area is 197 Å². The van der Waals surface area contributed by atoms with Crippen LogP contribution in [0.1, 0.15) is 25.7 Å². The van der Waals surface area contributed by atoms with Crippen molar-refractivity contribution in [3.05, 3.63) is 57.8 Å². The summed E-state index contributed by atoms with van der Waals surface area (Å²) in [5.41, 5.74) is 0. The van der Waals surface area contributed by atoms with Gasteiger partial charge in [-0.25, -0.2) is 13.4 Å². The van der Waals surface area contributed by atoms with Crippen LogP contribution in [0.5, 0.6) is 0 Å². The Morgan fingerprint density at radius 1 is 1.19 bits per heavy atom. The summed E-state index contributed by atoms with van der Waals surface area (Å²) in [5, 5.41) is 4.27. The molecule has 32 heavy (non-hydrogen) atoms. The fourth-order valence-electron chi connectivity index (χ4n) is 4.06. The zero-order valence-electron chi connectivity index (χ0n) is 17.9. The van der Waals surface area contributed by atoms with Crippen molar-refractivity contribution in [1.82, 2.24) is 9.47 Å². The molecule has 4 rings (SSSR count). The highest BCUT2D eigenvalue weighted by Gasteiger charge is 2.29. The van der Waals surface area contributed by atoms with Gasteiger partial charge < -0.3 is 4.57 Å². The van der Waals surface area contributed by atoms with Crippen LogP contribution in [0.4, 0.5) is 0 Å². The highest BCUT2D eigenvalue weighted by Crippen LogP contribution is 2.24. The average Bonchev–Trinajstić information content (AvgIpc) is 3.20. The van der Waals surface area contributed by atoms with Gasteiger partial charge in [0.05, 0.1) is 23.4 Å². The van der Waals surface area contributed by atoms with Gasteiger partial charge in [0.2, 0.25) is 0 Å². The smallest absolute Gasteiger partial charge is 0.185 e. The zero-order valence-corrected chi connectivity index (χ0v) is 20.3. The maximum Gasteiger partial charge on any atom is 0.185 e. The molecule has 0 radical (unpaired) electrons. The van der Waals surface area contributed by atoms with Gasteiger partial charge in [-0.15, -0.1) is 11.3 Å². The van der Waals surface area contributed by atoms with E-state index in [1.54, 1.807) is 47.7 Å². The Morgan fingerprint density at radius 3 is 2.75 bits per heavy atom. The molecule has 3 aromatic rings. The van der Waals surface area contributed by atoms with Crippen LogP contribution < -0.4 is 4.80 Å². The quantitative estimate of drug-likeness (QED) is 0.500. The number of benzene rings is 2. The van der Waals surface area contributed by atoms with Gasteiger partial charge in [-0.3, -0.25) is 9.69 Å². The molecule has 2 heterocycles. The lowest BCUT2D eigenvalue weighted by Crippen LogP contribution is -2.45. The molecule has 1 aliphatic heterocycles. The van der Waals surface area contributed by atoms with Gasteiger partial charge in [0, 0.05) is 36.6 Å². The fraction of sp³-hybridized carbons (Fsp3) is 0.391. The summed E-state index contributed by atoms with van der Waals surface area (Å²) in [4.78, 5) is 20.9. The van der Waals surface area contributed by atoms with Crippen LogP contribution in [-0.4, -0.2) is 48.7 Å². The van der Waals surface area contributed by atoms with Crippen LogP contribution in [0.15, 0.2) is 57.9 Å². The SMILES string of the molecule is Cn1ccs/c1=N\CN1CCCCC1C(=O)CCS(=O)(=O)c1ccc2cc(Cl)ccc2c1. The van der Waals surface area contributed by atoms with E-state index < -0.39 is 9.84 Å². The second kappa shape index (κ2) is 9.87. The molecule has 0 bridgehead atoms. The van der Waals surface area contributed by atoms with Crippen molar-refractivity contribution in [2.24, 2.45) is 12.0 Å². The van der Waals surface area contributed by atoms with Crippen molar-refractivity contribution in [3.63, 3.8) is 0 Å². The molecular weight excluding hydrogens is 466 g/mol. The highest BCUT2D eigenvalue weighted by atomic mass is 35.5. The van der Waals surface area contributed by atoms with Gasteiger partial charge in [-0.1, -0.05) is 30.2 Å². The number of aryl methyl sites for hydroxylation is 1. The summed E-state index contributed by atoms with van der Waals surface area (Å²) < 4.78 is 27.8. The normalized spacial score (nSPS) is 18.3. The first kappa shape index (κ1) is 23.2. The summed E-state index contributed by atoms with van der Waals surface area (Å²) in [6.45, 7) is 1.25. The van der Waals surface area contributed by atoms with E-state index in [2.05, 4.69) is 9.89 Å². The first-order chi connectivity index (χ1) is 15.3. The van der Waals surface area contributed by atoms with E-state index in [1.165, 1.54) is 0 Å². The molecular formula is C23H26ClN3O3S2. The summed E-state index contributed by atoms with van der Waals surface area (Å²) in [7, 11) is -1.62.